The van der Waals surface area contributed by atoms with Gasteiger partial charge in [-0.05, 0) is 56.0 Å². The lowest BCUT2D eigenvalue weighted by Gasteiger charge is -2.11. The number of aromatic nitrogens is 2. The van der Waals surface area contributed by atoms with Crippen molar-refractivity contribution in [2.45, 2.75) is 30.2 Å². The Kier molecular flexibility index (Phi) is 7.71. The number of nitrogens with one attached hydrogen (secondary N) is 1. The third-order valence-corrected chi connectivity index (χ3v) is 7.42. The van der Waals surface area contributed by atoms with Gasteiger partial charge in [0.1, 0.15) is 5.82 Å². The van der Waals surface area contributed by atoms with E-state index < -0.39 is 15.9 Å². The Morgan fingerprint density at radius 1 is 1.16 bits per heavy atom. The number of sulfonamides is 1. The Labute approximate surface area is 201 Å². The molecule has 32 heavy (non-hydrogen) atoms. The normalized spacial score (nSPS) is 11.8. The molecule has 1 amide bonds. The van der Waals surface area contributed by atoms with Gasteiger partial charge in [0.25, 0.3) is 15.9 Å². The minimum atomic E-state index is -3.98. The number of aryl methyl sites for hydroxylation is 2. The van der Waals surface area contributed by atoms with Gasteiger partial charge < -0.3 is 4.57 Å². The number of thioether (sulfide) groups is 1. The molecule has 0 spiro atoms. The second-order valence-electron chi connectivity index (χ2n) is 6.99. The molecule has 3 rings (SSSR count). The molecule has 0 bridgehead atoms. The molecule has 168 valence electrons. The summed E-state index contributed by atoms with van der Waals surface area (Å²) in [4.78, 5) is 17.6. The Balaban J connectivity index is 1.81. The molecule has 0 aliphatic carbocycles. The van der Waals surface area contributed by atoms with Crippen LogP contribution in [0.1, 0.15) is 22.6 Å². The summed E-state index contributed by atoms with van der Waals surface area (Å²) in [5.41, 5.74) is 2.25. The van der Waals surface area contributed by atoms with E-state index in [1.54, 1.807) is 35.4 Å². The molecule has 3 aromatic rings. The highest BCUT2D eigenvalue weighted by molar-refractivity contribution is 7.98. The van der Waals surface area contributed by atoms with E-state index in [1.165, 1.54) is 18.2 Å². The molecule has 0 radical (unpaired) electrons. The van der Waals surface area contributed by atoms with Crippen LogP contribution in [0.15, 0.2) is 58.3 Å². The lowest BCUT2D eigenvalue weighted by atomic mass is 10.2. The van der Waals surface area contributed by atoms with Crippen LogP contribution in [0.5, 0.6) is 0 Å². The first-order valence-corrected chi connectivity index (χ1v) is 12.9. The predicted octanol–water partition coefficient (Wildman–Crippen LogP) is 5.10. The molecule has 1 heterocycles. The predicted molar refractivity (Wildman–Crippen MR) is 130 cm³/mol. The summed E-state index contributed by atoms with van der Waals surface area (Å²) in [6.07, 6.45) is 4.52. The highest BCUT2D eigenvalue weighted by Gasteiger charge is 2.17. The number of rotatable bonds is 7. The summed E-state index contributed by atoms with van der Waals surface area (Å²) in [6, 6.07) is 12.0. The molecule has 0 saturated heterocycles. The zero-order chi connectivity index (χ0) is 23.5. The highest BCUT2D eigenvalue weighted by Crippen LogP contribution is 2.26. The third kappa shape index (κ3) is 5.75. The highest BCUT2D eigenvalue weighted by atomic mass is 35.5. The number of halogens is 2. The zero-order valence-electron chi connectivity index (χ0n) is 17.6. The summed E-state index contributed by atoms with van der Waals surface area (Å²) in [7, 11) is -3.98. The molecule has 1 aromatic heterocycles. The molecule has 2 aromatic carbocycles. The SMILES string of the molecule is CSc1ccc(Cn2c(C)nc(Cl)c2/C=C/C(=O)NS(=O)(=O)c2ccc(C)cc2)c(Cl)c1. The van der Waals surface area contributed by atoms with Gasteiger partial charge in [-0.15, -0.1) is 11.8 Å². The van der Waals surface area contributed by atoms with Crippen molar-refractivity contribution in [3.8, 4) is 0 Å². The van der Waals surface area contributed by atoms with Crippen LogP contribution >= 0.6 is 35.0 Å². The van der Waals surface area contributed by atoms with Crippen LogP contribution in [0.4, 0.5) is 0 Å². The van der Waals surface area contributed by atoms with Crippen molar-refractivity contribution in [2.75, 3.05) is 6.26 Å². The number of hydrogen-bond donors (Lipinski definition) is 1. The Hall–Kier alpha value is -2.26. The lowest BCUT2D eigenvalue weighted by Crippen LogP contribution is -2.29. The van der Waals surface area contributed by atoms with Crippen LogP contribution in [-0.2, 0) is 21.4 Å². The van der Waals surface area contributed by atoms with Gasteiger partial charge in [0.15, 0.2) is 5.15 Å². The lowest BCUT2D eigenvalue weighted by molar-refractivity contribution is -0.114. The average molecular weight is 510 g/mol. The molecule has 1 N–H and O–H groups in total. The maximum absolute atomic E-state index is 12.4. The number of imidazole rings is 1. The fourth-order valence-electron chi connectivity index (χ4n) is 2.95. The van der Waals surface area contributed by atoms with E-state index >= 15 is 0 Å². The van der Waals surface area contributed by atoms with Crippen LogP contribution < -0.4 is 4.72 Å². The minimum absolute atomic E-state index is 0.00657. The van der Waals surface area contributed by atoms with Crippen molar-refractivity contribution in [2.24, 2.45) is 0 Å². The number of amides is 1. The van der Waals surface area contributed by atoms with Crippen molar-refractivity contribution < 1.29 is 13.2 Å². The van der Waals surface area contributed by atoms with Crippen LogP contribution in [0.2, 0.25) is 10.2 Å². The van der Waals surface area contributed by atoms with Crippen molar-refractivity contribution >= 4 is 57.0 Å². The smallest absolute Gasteiger partial charge is 0.264 e. The molecular weight excluding hydrogens is 489 g/mol. The van der Waals surface area contributed by atoms with Crippen molar-refractivity contribution in [3.05, 3.63) is 81.4 Å². The van der Waals surface area contributed by atoms with Gasteiger partial charge in [0.2, 0.25) is 0 Å². The fraction of sp³-hybridized carbons (Fsp3) is 0.182. The monoisotopic (exact) mass is 509 g/mol. The van der Waals surface area contributed by atoms with Gasteiger partial charge in [-0.25, -0.2) is 18.1 Å². The van der Waals surface area contributed by atoms with Gasteiger partial charge in [-0.1, -0.05) is 47.0 Å². The quantitative estimate of drug-likeness (QED) is 0.354. The summed E-state index contributed by atoms with van der Waals surface area (Å²) in [5.74, 6) is -0.165. The van der Waals surface area contributed by atoms with Gasteiger partial charge in [-0.3, -0.25) is 4.79 Å². The summed E-state index contributed by atoms with van der Waals surface area (Å²) in [6.45, 7) is 4.02. The molecule has 10 heteroatoms. The fourth-order valence-corrected chi connectivity index (χ4v) is 4.93. The molecule has 0 atom stereocenters. The number of carbonyl (C=O) groups is 1. The van der Waals surface area contributed by atoms with Gasteiger partial charge in [-0.2, -0.15) is 0 Å². The van der Waals surface area contributed by atoms with Gasteiger partial charge in [0.05, 0.1) is 17.1 Å². The first-order chi connectivity index (χ1) is 15.1. The number of nitrogens with zero attached hydrogens (tertiary/aromatic N) is 2. The topological polar surface area (TPSA) is 81.1 Å². The molecule has 6 nitrogen and oxygen atoms in total. The van der Waals surface area contributed by atoms with Crippen molar-refractivity contribution in [3.63, 3.8) is 0 Å². The van der Waals surface area contributed by atoms with Gasteiger partial charge in [0, 0.05) is 16.0 Å². The molecule has 0 aliphatic rings. The second-order valence-corrected chi connectivity index (χ2v) is 10.3. The van der Waals surface area contributed by atoms with E-state index in [-0.39, 0.29) is 10.0 Å². The van der Waals surface area contributed by atoms with E-state index in [0.717, 1.165) is 22.1 Å². The standard InChI is InChI=1S/C22H21Cl2N3O3S2/c1-14-4-8-18(9-5-14)32(29,30)26-21(28)11-10-20-22(24)25-15(2)27(20)13-16-6-7-17(31-3)12-19(16)23/h4-12H,13H2,1-3H3,(H,26,28)/b11-10+. The zero-order valence-corrected chi connectivity index (χ0v) is 20.7. The first-order valence-electron chi connectivity index (χ1n) is 9.47. The Bertz CT molecular complexity index is 1280. The second kappa shape index (κ2) is 10.1. The van der Waals surface area contributed by atoms with Crippen molar-refractivity contribution in [1.29, 1.82) is 0 Å². The first kappa shape index (κ1) is 24.4. The molecule has 0 fully saturated rings. The van der Waals surface area contributed by atoms with Crippen LogP contribution in [0.25, 0.3) is 6.08 Å². The Morgan fingerprint density at radius 2 is 1.84 bits per heavy atom. The van der Waals surface area contributed by atoms with E-state index in [9.17, 15) is 13.2 Å². The maximum Gasteiger partial charge on any atom is 0.264 e. The van der Waals surface area contributed by atoms with Crippen LogP contribution in [-0.4, -0.2) is 30.1 Å². The van der Waals surface area contributed by atoms with Crippen molar-refractivity contribution in [1.82, 2.24) is 14.3 Å². The summed E-state index contributed by atoms with van der Waals surface area (Å²) >= 11 is 14.3. The number of benzene rings is 2. The third-order valence-electron chi connectivity index (χ3n) is 4.70. The molecule has 0 unspecified atom stereocenters. The summed E-state index contributed by atoms with van der Waals surface area (Å²) < 4.78 is 28.7. The minimum Gasteiger partial charge on any atom is -0.323 e. The molecule has 0 aliphatic heterocycles. The van der Waals surface area contributed by atoms with Gasteiger partial charge >= 0.3 is 0 Å². The average Bonchev–Trinajstić information content (AvgIpc) is 3.00. The van der Waals surface area contributed by atoms with E-state index in [4.69, 9.17) is 23.2 Å². The maximum atomic E-state index is 12.4. The van der Waals surface area contributed by atoms with Crippen LogP contribution in [0, 0.1) is 13.8 Å². The summed E-state index contributed by atoms with van der Waals surface area (Å²) in [5, 5.41) is 0.808. The van der Waals surface area contributed by atoms with Crippen LogP contribution in [0.3, 0.4) is 0 Å². The number of hydrogen-bond acceptors (Lipinski definition) is 5. The van der Waals surface area contributed by atoms with E-state index in [0.29, 0.717) is 23.1 Å². The van der Waals surface area contributed by atoms with E-state index in [1.807, 2.05) is 36.1 Å². The molecule has 0 saturated carbocycles. The Morgan fingerprint density at radius 3 is 2.47 bits per heavy atom. The molecular formula is C22H21Cl2N3O3S2. The number of carbonyl (C=O) groups excluding carboxylic acids is 1. The largest absolute Gasteiger partial charge is 0.323 e. The van der Waals surface area contributed by atoms with E-state index in [2.05, 4.69) is 4.98 Å².